The van der Waals surface area contributed by atoms with E-state index in [0.29, 0.717) is 71.1 Å². The molecule has 1 atom stereocenters. The van der Waals surface area contributed by atoms with Crippen LogP contribution in [0, 0.1) is 0 Å². The summed E-state index contributed by atoms with van der Waals surface area (Å²) in [4.78, 5) is 71.0. The number of aryl methyl sites for hydroxylation is 3. The number of halogens is 1. The lowest BCUT2D eigenvalue weighted by atomic mass is 9.95. The summed E-state index contributed by atoms with van der Waals surface area (Å²) in [5, 5.41) is 10.3. The molecule has 4 aromatic rings. The van der Waals surface area contributed by atoms with Crippen LogP contribution in [0.3, 0.4) is 0 Å². The monoisotopic (exact) mass is 989 g/mol. The number of alkyl halides is 1. The minimum atomic E-state index is -0.354. The zero-order valence-corrected chi connectivity index (χ0v) is 39.6. The van der Waals surface area contributed by atoms with Crippen LogP contribution in [-0.4, -0.2) is 95.9 Å². The first-order chi connectivity index (χ1) is 30.6. The molecule has 1 aliphatic heterocycles. The van der Waals surface area contributed by atoms with Gasteiger partial charge in [-0.05, 0) is 110 Å². The highest BCUT2D eigenvalue weighted by atomic mass is 127. The Bertz CT molecular complexity index is 2190. The molecule has 1 aliphatic carbocycles. The number of fused-ring (bicyclic) bond motifs is 1. The predicted octanol–water partition coefficient (Wildman–Crippen LogP) is 8.25. The number of nitrogens with one attached hydrogen (secondary N) is 3. The molecule has 3 aromatic carbocycles. The lowest BCUT2D eigenvalue weighted by Gasteiger charge is -2.41. The summed E-state index contributed by atoms with van der Waals surface area (Å²) >= 11 is 3.65. The number of nitrogens with zero attached hydrogens (tertiary/aromatic N) is 2. The van der Waals surface area contributed by atoms with Crippen LogP contribution < -0.4 is 16.0 Å². The summed E-state index contributed by atoms with van der Waals surface area (Å²) in [6, 6.07) is 23.1. The van der Waals surface area contributed by atoms with E-state index in [1.54, 1.807) is 12.1 Å². The van der Waals surface area contributed by atoms with Crippen molar-refractivity contribution >= 4 is 74.3 Å². The van der Waals surface area contributed by atoms with Crippen molar-refractivity contribution in [3.05, 3.63) is 117 Å². The maximum absolute atomic E-state index is 14.1. The molecule has 0 unspecified atom stereocenters. The lowest BCUT2D eigenvalue weighted by Crippen LogP contribution is -2.58. The van der Waals surface area contributed by atoms with Crippen LogP contribution in [0.5, 0.6) is 0 Å². The first-order valence-corrected chi connectivity index (χ1v) is 24.5. The highest BCUT2D eigenvalue weighted by Gasteiger charge is 2.31. The fraction of sp³-hybridized carbons (Fsp3) is 0.449. The maximum atomic E-state index is 14.1. The SMILES string of the molecule is CCC(CC)N(Cc1cccc(C(=O)Nc2sc3c(c2C(=O)Nc2ccc(CCc4ccc(C(=O)OC)cc4)cc2)CCCC3)c1)C[C@@H]1CNCCN1C(=O)CCC(=O)OCCI. The number of amides is 3. The van der Waals surface area contributed by atoms with Gasteiger partial charge in [-0.2, -0.15) is 0 Å². The van der Waals surface area contributed by atoms with Crippen molar-refractivity contribution in [3.63, 3.8) is 0 Å². The van der Waals surface area contributed by atoms with Crippen LogP contribution in [0.15, 0.2) is 72.8 Å². The van der Waals surface area contributed by atoms with Crippen molar-refractivity contribution in [2.75, 3.05) is 55.0 Å². The molecule has 2 aliphatic rings. The number of hydrogen-bond acceptors (Lipinski definition) is 10. The van der Waals surface area contributed by atoms with Gasteiger partial charge >= 0.3 is 11.9 Å². The fourth-order valence-electron chi connectivity index (χ4n) is 8.53. The lowest BCUT2D eigenvalue weighted by molar-refractivity contribution is -0.146. The Hall–Kier alpha value is -4.64. The molecule has 1 aromatic heterocycles. The van der Waals surface area contributed by atoms with E-state index >= 15 is 0 Å². The highest BCUT2D eigenvalue weighted by Crippen LogP contribution is 2.39. The Labute approximate surface area is 389 Å². The number of esters is 2. The number of hydrogen-bond donors (Lipinski definition) is 3. The Morgan fingerprint density at radius 2 is 1.59 bits per heavy atom. The molecule has 12 nitrogen and oxygen atoms in total. The second kappa shape index (κ2) is 23.9. The van der Waals surface area contributed by atoms with Crippen LogP contribution in [0.4, 0.5) is 10.7 Å². The number of benzene rings is 3. The van der Waals surface area contributed by atoms with Crippen LogP contribution in [0.25, 0.3) is 0 Å². The molecule has 6 rings (SSSR count). The summed E-state index contributed by atoms with van der Waals surface area (Å²) in [6.07, 6.45) is 7.37. The van der Waals surface area contributed by atoms with E-state index in [0.717, 1.165) is 78.5 Å². The van der Waals surface area contributed by atoms with Crippen LogP contribution in [-0.2, 0) is 51.3 Å². The van der Waals surface area contributed by atoms with E-state index in [9.17, 15) is 24.0 Å². The summed E-state index contributed by atoms with van der Waals surface area (Å²) < 4.78 is 10.7. The van der Waals surface area contributed by atoms with Crippen molar-refractivity contribution in [3.8, 4) is 0 Å². The summed E-state index contributed by atoms with van der Waals surface area (Å²) in [5.41, 5.74) is 6.49. The Morgan fingerprint density at radius 3 is 2.29 bits per heavy atom. The molecule has 336 valence electrons. The third-order valence-corrected chi connectivity index (χ3v) is 13.6. The van der Waals surface area contributed by atoms with Gasteiger partial charge in [-0.1, -0.05) is 72.8 Å². The zero-order valence-electron chi connectivity index (χ0n) is 36.6. The minimum Gasteiger partial charge on any atom is -0.465 e. The first-order valence-electron chi connectivity index (χ1n) is 22.2. The predicted molar refractivity (Wildman–Crippen MR) is 257 cm³/mol. The smallest absolute Gasteiger partial charge is 0.337 e. The molecule has 63 heavy (non-hydrogen) atoms. The van der Waals surface area contributed by atoms with Gasteiger partial charge in [-0.15, -0.1) is 11.3 Å². The molecule has 0 spiro atoms. The molecule has 1 fully saturated rings. The molecule has 0 radical (unpaired) electrons. The van der Waals surface area contributed by atoms with Gasteiger partial charge in [-0.3, -0.25) is 24.1 Å². The second-order valence-electron chi connectivity index (χ2n) is 16.2. The van der Waals surface area contributed by atoms with Crippen molar-refractivity contribution in [1.82, 2.24) is 15.1 Å². The summed E-state index contributed by atoms with van der Waals surface area (Å²) in [6.45, 7) is 7.89. The van der Waals surface area contributed by atoms with Gasteiger partial charge in [-0.25, -0.2) is 4.79 Å². The standard InChI is InChI=1S/C49H60IN5O7S/c1-4-39(5-2)54(32-40-30-51-26-27-55(40)43(56)23-24-44(57)62-28-25-50)31-35-9-8-10-37(29-35)46(58)53-48-45(41-11-6-7-12-42(41)63-48)47(59)52-38-21-17-34(18-22-38)14-13-33-15-19-36(20-16-33)49(60)61-3/h8-10,15-22,29,39-40,51H,4-7,11-14,23-28,30-32H2,1-3H3,(H,52,59)(H,53,58)/t40-/m0/s1. The molecule has 3 N–H and O–H groups in total. The molecule has 14 heteroatoms. The largest absolute Gasteiger partial charge is 0.465 e. The second-order valence-corrected chi connectivity index (χ2v) is 18.3. The van der Waals surface area contributed by atoms with Gasteiger partial charge in [0.15, 0.2) is 0 Å². The first kappa shape index (κ1) is 47.8. The molecule has 3 amide bonds. The van der Waals surface area contributed by atoms with Crippen molar-refractivity contribution in [2.45, 2.75) is 96.7 Å². The molecule has 2 heterocycles. The van der Waals surface area contributed by atoms with Gasteiger partial charge in [0.05, 0.1) is 30.7 Å². The quantitative estimate of drug-likeness (QED) is 0.0453. The fourth-order valence-corrected chi connectivity index (χ4v) is 10.0. The third kappa shape index (κ3) is 13.2. The number of methoxy groups -OCH3 is 1. The Kier molecular flexibility index (Phi) is 18.1. The van der Waals surface area contributed by atoms with E-state index in [2.05, 4.69) is 57.3 Å². The van der Waals surface area contributed by atoms with Gasteiger partial charge in [0.1, 0.15) is 11.6 Å². The van der Waals surface area contributed by atoms with Gasteiger partial charge in [0, 0.05) is 65.7 Å². The van der Waals surface area contributed by atoms with Crippen molar-refractivity contribution in [1.29, 1.82) is 0 Å². The number of rotatable bonds is 20. The number of carbonyl (C=O) groups excluding carboxylic acids is 5. The van der Waals surface area contributed by atoms with E-state index in [1.807, 2.05) is 65.6 Å². The van der Waals surface area contributed by atoms with Crippen molar-refractivity contribution < 1.29 is 33.4 Å². The molecule has 0 bridgehead atoms. The molecule has 0 saturated carbocycles. The average molecular weight is 990 g/mol. The van der Waals surface area contributed by atoms with Gasteiger partial charge < -0.3 is 30.3 Å². The topological polar surface area (TPSA) is 146 Å². The third-order valence-electron chi connectivity index (χ3n) is 11.9. The minimum absolute atomic E-state index is 0.0358. The van der Waals surface area contributed by atoms with Crippen LogP contribution in [0.1, 0.15) is 111 Å². The van der Waals surface area contributed by atoms with Crippen molar-refractivity contribution in [2.24, 2.45) is 0 Å². The number of anilines is 2. The number of piperazine rings is 1. The number of carbonyl (C=O) groups is 5. The van der Waals surface area contributed by atoms with E-state index in [-0.39, 0.29) is 54.6 Å². The normalized spacial score (nSPS) is 14.9. The molecule has 1 saturated heterocycles. The van der Waals surface area contributed by atoms with Gasteiger partial charge in [0.25, 0.3) is 11.8 Å². The Morgan fingerprint density at radius 1 is 0.873 bits per heavy atom. The van der Waals surface area contributed by atoms with E-state index in [4.69, 9.17) is 9.47 Å². The Balaban J connectivity index is 1.11. The molecular formula is C49H60IN5O7S. The van der Waals surface area contributed by atoms with Crippen LogP contribution in [0.2, 0.25) is 0 Å². The van der Waals surface area contributed by atoms with E-state index in [1.165, 1.54) is 18.4 Å². The van der Waals surface area contributed by atoms with Crippen LogP contribution >= 0.6 is 33.9 Å². The summed E-state index contributed by atoms with van der Waals surface area (Å²) in [5.74, 6) is -1.24. The van der Waals surface area contributed by atoms with Gasteiger partial charge in [0.2, 0.25) is 5.91 Å². The van der Waals surface area contributed by atoms with E-state index < -0.39 is 0 Å². The highest BCUT2D eigenvalue weighted by molar-refractivity contribution is 14.1. The maximum Gasteiger partial charge on any atom is 0.337 e. The summed E-state index contributed by atoms with van der Waals surface area (Å²) in [7, 11) is 1.37. The number of thiophene rings is 1. The molecular weight excluding hydrogens is 930 g/mol. The average Bonchev–Trinajstić information content (AvgIpc) is 3.68. The zero-order chi connectivity index (χ0) is 44.7. The number of ether oxygens (including phenoxy) is 2.